The number of hydrogen-bond donors (Lipinski definition) is 0. The predicted octanol–water partition coefficient (Wildman–Crippen LogP) is 3.88. The van der Waals surface area contributed by atoms with Crippen LogP contribution in [-0.2, 0) is 4.79 Å². The van der Waals surface area contributed by atoms with Gasteiger partial charge in [-0.05, 0) is 49.9 Å². The molecule has 5 nitrogen and oxygen atoms in total. The fourth-order valence-corrected chi connectivity index (χ4v) is 4.35. The maximum absolute atomic E-state index is 13.8. The number of benzene rings is 2. The molecule has 2 aromatic rings. The number of amides is 1. The Morgan fingerprint density at radius 3 is 2.03 bits per heavy atom. The molecule has 2 heterocycles. The van der Waals surface area contributed by atoms with Gasteiger partial charge in [0.2, 0.25) is 0 Å². The van der Waals surface area contributed by atoms with Gasteiger partial charge >= 0.3 is 0 Å². The smallest absolute Gasteiger partial charge is 0.260 e. The molecule has 0 aromatic heterocycles. The van der Waals surface area contributed by atoms with Crippen LogP contribution in [0, 0.1) is 11.6 Å². The van der Waals surface area contributed by atoms with Gasteiger partial charge in [0.15, 0.2) is 29.7 Å². The van der Waals surface area contributed by atoms with Crippen LogP contribution in [0.15, 0.2) is 48.5 Å². The summed E-state index contributed by atoms with van der Waals surface area (Å²) in [6, 6.07) is 13.1. The van der Waals surface area contributed by atoms with Gasteiger partial charge in [-0.1, -0.05) is 24.3 Å². The summed E-state index contributed by atoms with van der Waals surface area (Å²) in [5.74, 6) is -0.465. The van der Waals surface area contributed by atoms with E-state index in [1.807, 2.05) is 0 Å². The van der Waals surface area contributed by atoms with Gasteiger partial charge in [0.05, 0.1) is 0 Å². The molecule has 0 bridgehead atoms. The summed E-state index contributed by atoms with van der Waals surface area (Å²) in [7, 11) is 0. The van der Waals surface area contributed by atoms with Crippen molar-refractivity contribution in [1.82, 2.24) is 9.80 Å². The van der Waals surface area contributed by atoms with Gasteiger partial charge in [-0.2, -0.15) is 0 Å². The molecule has 0 saturated carbocycles. The summed E-state index contributed by atoms with van der Waals surface area (Å²) < 4.78 is 38.6. The lowest BCUT2D eigenvalue weighted by molar-refractivity contribution is -0.135. The van der Waals surface area contributed by atoms with E-state index in [1.165, 1.54) is 18.2 Å². The minimum atomic E-state index is -0.462. The number of rotatable bonds is 6. The number of likely N-dealkylation sites (tertiary alicyclic amines) is 2. The third-order valence-corrected chi connectivity index (χ3v) is 6.13. The first-order valence-electron chi connectivity index (χ1n) is 10.9. The molecule has 2 fully saturated rings. The van der Waals surface area contributed by atoms with E-state index in [9.17, 15) is 13.6 Å². The molecule has 2 aliphatic heterocycles. The van der Waals surface area contributed by atoms with Crippen molar-refractivity contribution in [2.75, 3.05) is 32.8 Å². The van der Waals surface area contributed by atoms with Crippen LogP contribution >= 0.6 is 0 Å². The Labute approximate surface area is 181 Å². The van der Waals surface area contributed by atoms with Gasteiger partial charge in [0.25, 0.3) is 5.91 Å². The first kappa shape index (κ1) is 21.6. The molecule has 2 saturated heterocycles. The highest BCUT2D eigenvalue weighted by Crippen LogP contribution is 2.25. The number of para-hydroxylation sites is 2. The molecule has 4 rings (SSSR count). The van der Waals surface area contributed by atoms with Crippen LogP contribution in [0.25, 0.3) is 0 Å². The standard InChI is InChI=1S/C24H28F2N2O3/c25-20-5-1-3-7-22(20)30-17-24(29)28-13-9-18(10-14-28)27-15-11-19(12-16-27)31-23-8-4-2-6-21(23)26/h1-8,18-19H,9-17H2. The molecule has 0 atom stereocenters. The Kier molecular flexibility index (Phi) is 7.02. The van der Waals surface area contributed by atoms with Crippen LogP contribution < -0.4 is 9.47 Å². The minimum Gasteiger partial charge on any atom is -0.487 e. The van der Waals surface area contributed by atoms with Gasteiger partial charge in [-0.15, -0.1) is 0 Å². The highest BCUT2D eigenvalue weighted by molar-refractivity contribution is 5.77. The highest BCUT2D eigenvalue weighted by Gasteiger charge is 2.30. The third kappa shape index (κ3) is 5.53. The lowest BCUT2D eigenvalue weighted by Crippen LogP contribution is -2.50. The zero-order valence-electron chi connectivity index (χ0n) is 17.5. The highest BCUT2D eigenvalue weighted by atomic mass is 19.1. The van der Waals surface area contributed by atoms with Crippen molar-refractivity contribution < 1.29 is 23.0 Å². The molecule has 31 heavy (non-hydrogen) atoms. The summed E-state index contributed by atoms with van der Waals surface area (Å²) in [6.07, 6.45) is 3.58. The number of carbonyl (C=O) groups is 1. The topological polar surface area (TPSA) is 42.0 Å². The fourth-order valence-electron chi connectivity index (χ4n) is 4.35. The summed E-state index contributed by atoms with van der Waals surface area (Å²) in [6.45, 7) is 3.03. The minimum absolute atomic E-state index is 0.0327. The number of carbonyl (C=O) groups excluding carboxylic acids is 1. The second kappa shape index (κ2) is 10.1. The van der Waals surface area contributed by atoms with Crippen LogP contribution in [0.4, 0.5) is 8.78 Å². The molecule has 2 aromatic carbocycles. The third-order valence-electron chi connectivity index (χ3n) is 6.13. The van der Waals surface area contributed by atoms with E-state index in [0.717, 1.165) is 38.8 Å². The predicted molar refractivity (Wildman–Crippen MR) is 113 cm³/mol. The number of piperidine rings is 2. The fraction of sp³-hybridized carbons (Fsp3) is 0.458. The van der Waals surface area contributed by atoms with Crippen molar-refractivity contribution in [2.45, 2.75) is 37.8 Å². The Balaban J connectivity index is 1.18. The average molecular weight is 430 g/mol. The molecule has 0 aliphatic carbocycles. The Hall–Kier alpha value is -2.67. The van der Waals surface area contributed by atoms with E-state index in [2.05, 4.69) is 4.90 Å². The first-order valence-corrected chi connectivity index (χ1v) is 10.9. The second-order valence-corrected chi connectivity index (χ2v) is 8.11. The van der Waals surface area contributed by atoms with Crippen LogP contribution in [0.2, 0.25) is 0 Å². The van der Waals surface area contributed by atoms with E-state index < -0.39 is 5.82 Å². The van der Waals surface area contributed by atoms with E-state index >= 15 is 0 Å². The van der Waals surface area contributed by atoms with Crippen molar-refractivity contribution in [3.63, 3.8) is 0 Å². The van der Waals surface area contributed by atoms with Crippen LogP contribution in [0.1, 0.15) is 25.7 Å². The van der Waals surface area contributed by atoms with Gasteiger partial charge < -0.3 is 14.4 Å². The number of hydrogen-bond acceptors (Lipinski definition) is 4. The zero-order chi connectivity index (χ0) is 21.6. The van der Waals surface area contributed by atoms with Crippen molar-refractivity contribution >= 4 is 5.91 Å². The van der Waals surface area contributed by atoms with Crippen molar-refractivity contribution in [3.8, 4) is 11.5 Å². The van der Waals surface area contributed by atoms with E-state index in [1.54, 1.807) is 35.2 Å². The molecular weight excluding hydrogens is 402 g/mol. The van der Waals surface area contributed by atoms with Gasteiger partial charge in [0, 0.05) is 32.2 Å². The molecule has 0 unspecified atom stereocenters. The normalized spacial score (nSPS) is 18.7. The SMILES string of the molecule is O=C(COc1ccccc1F)N1CCC(N2CCC(Oc3ccccc3F)CC2)CC1. The lowest BCUT2D eigenvalue weighted by Gasteiger charge is -2.41. The van der Waals surface area contributed by atoms with E-state index in [-0.39, 0.29) is 30.2 Å². The van der Waals surface area contributed by atoms with Crippen LogP contribution in [0.3, 0.4) is 0 Å². The van der Waals surface area contributed by atoms with Crippen LogP contribution in [-0.4, -0.2) is 60.6 Å². The lowest BCUT2D eigenvalue weighted by atomic mass is 9.99. The van der Waals surface area contributed by atoms with Gasteiger partial charge in [-0.3, -0.25) is 9.69 Å². The second-order valence-electron chi connectivity index (χ2n) is 8.11. The van der Waals surface area contributed by atoms with Crippen molar-refractivity contribution in [1.29, 1.82) is 0 Å². The van der Waals surface area contributed by atoms with Crippen molar-refractivity contribution in [2.24, 2.45) is 0 Å². The van der Waals surface area contributed by atoms with E-state index in [0.29, 0.717) is 24.9 Å². The quantitative estimate of drug-likeness (QED) is 0.698. The molecule has 2 aliphatic rings. The molecule has 0 N–H and O–H groups in total. The van der Waals surface area contributed by atoms with Gasteiger partial charge in [-0.25, -0.2) is 8.78 Å². The maximum atomic E-state index is 13.8. The van der Waals surface area contributed by atoms with E-state index in [4.69, 9.17) is 9.47 Å². The summed E-state index contributed by atoms with van der Waals surface area (Å²) >= 11 is 0. The van der Waals surface area contributed by atoms with Crippen LogP contribution in [0.5, 0.6) is 11.5 Å². The Morgan fingerprint density at radius 2 is 1.42 bits per heavy atom. The molecule has 7 heteroatoms. The Bertz CT molecular complexity index is 879. The number of nitrogens with zero attached hydrogens (tertiary/aromatic N) is 2. The first-order chi connectivity index (χ1) is 15.1. The average Bonchev–Trinajstić information content (AvgIpc) is 2.80. The molecule has 1 amide bonds. The number of halogens is 2. The van der Waals surface area contributed by atoms with Crippen molar-refractivity contribution in [3.05, 3.63) is 60.2 Å². The monoisotopic (exact) mass is 430 g/mol. The van der Waals surface area contributed by atoms with Gasteiger partial charge in [0.1, 0.15) is 6.10 Å². The molecule has 0 spiro atoms. The molecule has 166 valence electrons. The maximum Gasteiger partial charge on any atom is 0.260 e. The molecule has 0 radical (unpaired) electrons. The largest absolute Gasteiger partial charge is 0.487 e. The molecular formula is C24H28F2N2O3. The summed E-state index contributed by atoms with van der Waals surface area (Å²) in [5.41, 5.74) is 0. The summed E-state index contributed by atoms with van der Waals surface area (Å²) in [4.78, 5) is 16.7. The zero-order valence-corrected chi connectivity index (χ0v) is 17.5. The summed E-state index contributed by atoms with van der Waals surface area (Å²) in [5, 5.41) is 0. The number of ether oxygens (including phenoxy) is 2. The Morgan fingerprint density at radius 1 is 0.839 bits per heavy atom.